The van der Waals surface area contributed by atoms with Gasteiger partial charge in [0, 0.05) is 13.1 Å². The molecule has 0 saturated heterocycles. The van der Waals surface area contributed by atoms with Gasteiger partial charge in [-0.2, -0.15) is 0 Å². The van der Waals surface area contributed by atoms with E-state index in [1.807, 2.05) is 30.3 Å². The smallest absolute Gasteiger partial charge is 0.336 e. The van der Waals surface area contributed by atoms with Crippen LogP contribution in [0.25, 0.3) is 0 Å². The van der Waals surface area contributed by atoms with Gasteiger partial charge in [-0.25, -0.2) is 4.79 Å². The average molecular weight is 497 g/mol. The van der Waals surface area contributed by atoms with E-state index in [-0.39, 0.29) is 0 Å². The monoisotopic (exact) mass is 497 g/mol. The van der Waals surface area contributed by atoms with E-state index < -0.39 is 42.5 Å². The van der Waals surface area contributed by atoms with Crippen molar-refractivity contribution in [2.45, 2.75) is 44.6 Å². The van der Waals surface area contributed by atoms with Crippen molar-refractivity contribution in [3.8, 4) is 11.5 Å². The van der Waals surface area contributed by atoms with Crippen LogP contribution < -0.4 is 9.47 Å². The van der Waals surface area contributed by atoms with E-state index in [4.69, 9.17) is 34.3 Å². The van der Waals surface area contributed by atoms with Gasteiger partial charge in [0.25, 0.3) is 0 Å². The highest BCUT2D eigenvalue weighted by atomic mass is 16.5. The molecule has 1 aromatic carbocycles. The Kier molecular flexibility index (Phi) is 11.7. The van der Waals surface area contributed by atoms with Crippen LogP contribution in [0.1, 0.15) is 31.1 Å². The summed E-state index contributed by atoms with van der Waals surface area (Å²) in [5, 5.41) is 43.5. The van der Waals surface area contributed by atoms with E-state index in [1.54, 1.807) is 27.4 Å². The summed E-state index contributed by atoms with van der Waals surface area (Å²) in [6.07, 6.45) is -1.04. The summed E-state index contributed by atoms with van der Waals surface area (Å²) in [4.78, 5) is 32.6. The molecule has 35 heavy (non-hydrogen) atoms. The molecular formula is C23H31NO11. The van der Waals surface area contributed by atoms with Gasteiger partial charge in [0.15, 0.2) is 17.1 Å². The van der Waals surface area contributed by atoms with Crippen LogP contribution in [-0.2, 0) is 27.5 Å². The number of methoxy groups -OCH3 is 2. The van der Waals surface area contributed by atoms with Crippen LogP contribution in [0.4, 0.5) is 0 Å². The van der Waals surface area contributed by atoms with Crippen molar-refractivity contribution in [3.63, 3.8) is 0 Å². The zero-order valence-corrected chi connectivity index (χ0v) is 19.7. The maximum absolute atomic E-state index is 10.3. The van der Waals surface area contributed by atoms with Crippen molar-refractivity contribution in [2.24, 2.45) is 0 Å². The molecule has 2 aromatic rings. The van der Waals surface area contributed by atoms with Crippen molar-refractivity contribution >= 4 is 17.9 Å². The van der Waals surface area contributed by atoms with Crippen LogP contribution in [0.2, 0.25) is 0 Å². The molecule has 0 amide bonds. The van der Waals surface area contributed by atoms with Crippen LogP contribution in [0, 0.1) is 0 Å². The first-order valence-corrected chi connectivity index (χ1v) is 10.4. The normalized spacial score (nSPS) is 11.8. The molecule has 12 nitrogen and oxygen atoms in total. The number of hydrogen-bond acceptors (Lipinski definition) is 9. The van der Waals surface area contributed by atoms with E-state index in [0.717, 1.165) is 11.3 Å². The Morgan fingerprint density at radius 1 is 1.00 bits per heavy atom. The molecule has 0 aliphatic rings. The van der Waals surface area contributed by atoms with Crippen molar-refractivity contribution < 1.29 is 53.8 Å². The highest BCUT2D eigenvalue weighted by molar-refractivity contribution is 5.88. The Labute approximate surface area is 201 Å². The van der Waals surface area contributed by atoms with Gasteiger partial charge < -0.3 is 39.4 Å². The fraction of sp³-hybridized carbons (Fsp3) is 0.435. The van der Waals surface area contributed by atoms with Gasteiger partial charge in [-0.1, -0.05) is 6.07 Å². The molecule has 1 atom stereocenters. The third-order valence-corrected chi connectivity index (χ3v) is 4.62. The number of aliphatic carboxylic acids is 3. The van der Waals surface area contributed by atoms with Crippen molar-refractivity contribution in [3.05, 3.63) is 47.9 Å². The van der Waals surface area contributed by atoms with Crippen LogP contribution >= 0.6 is 0 Å². The first kappa shape index (κ1) is 29.4. The molecule has 0 radical (unpaired) electrons. The number of aliphatic hydroxyl groups excluding tert-OH is 1. The summed E-state index contributed by atoms with van der Waals surface area (Å²) >= 11 is 0. The Hall–Kier alpha value is -3.61. The summed E-state index contributed by atoms with van der Waals surface area (Å²) in [5.74, 6) is -2.73. The van der Waals surface area contributed by atoms with Gasteiger partial charge >= 0.3 is 17.9 Å². The summed E-state index contributed by atoms with van der Waals surface area (Å²) in [5.41, 5.74) is -1.65. The molecular weight excluding hydrogens is 466 g/mol. The summed E-state index contributed by atoms with van der Waals surface area (Å²) in [6.45, 7) is 3.68. The maximum Gasteiger partial charge on any atom is 0.336 e. The molecule has 194 valence electrons. The largest absolute Gasteiger partial charge is 0.493 e. The van der Waals surface area contributed by atoms with E-state index in [0.29, 0.717) is 31.1 Å². The van der Waals surface area contributed by atoms with Crippen LogP contribution in [0.15, 0.2) is 41.0 Å². The lowest BCUT2D eigenvalue weighted by molar-refractivity contribution is -0.170. The minimum atomic E-state index is -2.74. The quantitative estimate of drug-likeness (QED) is 0.268. The minimum Gasteiger partial charge on any atom is -0.493 e. The lowest BCUT2D eigenvalue weighted by atomic mass is 9.96. The van der Waals surface area contributed by atoms with Crippen molar-refractivity contribution in [1.82, 2.24) is 4.90 Å². The lowest BCUT2D eigenvalue weighted by Crippen LogP contribution is -2.42. The number of aliphatic hydroxyl groups is 2. The number of ether oxygens (including phenoxy) is 2. The number of carboxylic acids is 3. The van der Waals surface area contributed by atoms with Crippen molar-refractivity contribution in [2.75, 3.05) is 20.8 Å². The molecule has 1 heterocycles. The number of hydrogen-bond donors (Lipinski definition) is 5. The van der Waals surface area contributed by atoms with Gasteiger partial charge in [0.05, 0.1) is 46.0 Å². The summed E-state index contributed by atoms with van der Waals surface area (Å²) in [6, 6.07) is 9.64. The molecule has 1 unspecified atom stereocenters. The molecule has 0 aliphatic heterocycles. The topological polar surface area (TPSA) is 187 Å². The van der Waals surface area contributed by atoms with E-state index in [2.05, 4.69) is 4.90 Å². The lowest BCUT2D eigenvalue weighted by Gasteiger charge is -2.23. The molecule has 1 aromatic heterocycles. The Bertz CT molecular complexity index is 940. The fourth-order valence-corrected chi connectivity index (χ4v) is 3.13. The van der Waals surface area contributed by atoms with Gasteiger partial charge in [0.1, 0.15) is 5.76 Å². The molecule has 12 heteroatoms. The number of benzene rings is 1. The zero-order chi connectivity index (χ0) is 26.6. The van der Waals surface area contributed by atoms with Crippen molar-refractivity contribution in [1.29, 1.82) is 0 Å². The Balaban J connectivity index is 0.000000405. The second-order valence-corrected chi connectivity index (χ2v) is 7.77. The van der Waals surface area contributed by atoms with Crippen LogP contribution in [0.3, 0.4) is 0 Å². The molecule has 5 N–H and O–H groups in total. The number of nitrogens with zero attached hydrogens (tertiary/aromatic N) is 1. The maximum atomic E-state index is 10.3. The van der Waals surface area contributed by atoms with Gasteiger partial charge in [-0.05, 0) is 36.8 Å². The molecule has 0 spiro atoms. The fourth-order valence-electron chi connectivity index (χ4n) is 3.13. The number of furan rings is 1. The SMILES string of the molecule is COc1ccc(CN(Cc2ccco2)CC(C)O)cc1OC.O=C(O)CC(O)(CC(=O)O)C(=O)O. The first-order chi connectivity index (χ1) is 16.4. The standard InChI is InChI=1S/C17H23NO4.C6H8O7/c1-13(19)10-18(12-15-5-4-8-22-15)11-14-6-7-16(20-2)17(9-14)21-3;7-3(8)1-6(13,5(11)12)2-4(9)10/h4-9,13,19H,10-12H2,1-3H3;13H,1-2H2,(H,7,8)(H,9,10)(H,11,12). The van der Waals surface area contributed by atoms with E-state index >= 15 is 0 Å². The van der Waals surface area contributed by atoms with Crippen LogP contribution in [0.5, 0.6) is 11.5 Å². The summed E-state index contributed by atoms with van der Waals surface area (Å²) < 4.78 is 16.0. The Morgan fingerprint density at radius 2 is 1.60 bits per heavy atom. The molecule has 2 rings (SSSR count). The van der Waals surface area contributed by atoms with Gasteiger partial charge in [0.2, 0.25) is 0 Å². The Morgan fingerprint density at radius 3 is 2.03 bits per heavy atom. The third-order valence-electron chi connectivity index (χ3n) is 4.62. The highest BCUT2D eigenvalue weighted by Gasteiger charge is 2.40. The van der Waals surface area contributed by atoms with E-state index in [9.17, 15) is 19.5 Å². The minimum absolute atomic E-state index is 0.407. The highest BCUT2D eigenvalue weighted by Crippen LogP contribution is 2.28. The molecule has 0 bridgehead atoms. The van der Waals surface area contributed by atoms with E-state index in [1.165, 1.54) is 0 Å². The van der Waals surface area contributed by atoms with Gasteiger partial charge in [-0.3, -0.25) is 14.5 Å². The predicted octanol–water partition coefficient (Wildman–Crippen LogP) is 1.43. The number of carboxylic acid groups (broad SMARTS) is 3. The number of carbonyl (C=O) groups is 3. The zero-order valence-electron chi connectivity index (χ0n) is 19.7. The summed E-state index contributed by atoms with van der Waals surface area (Å²) in [7, 11) is 3.24. The van der Waals surface area contributed by atoms with Crippen LogP contribution in [-0.4, -0.2) is 80.8 Å². The average Bonchev–Trinajstić information content (AvgIpc) is 3.25. The first-order valence-electron chi connectivity index (χ1n) is 10.4. The number of rotatable bonds is 13. The second kappa shape index (κ2) is 13.9. The van der Waals surface area contributed by atoms with Gasteiger partial charge in [-0.15, -0.1) is 0 Å². The molecule has 0 saturated carbocycles. The molecule has 0 fully saturated rings. The predicted molar refractivity (Wildman–Crippen MR) is 121 cm³/mol. The molecule has 0 aliphatic carbocycles. The third kappa shape index (κ3) is 10.5. The second-order valence-electron chi connectivity index (χ2n) is 7.77.